The molecule has 0 aliphatic heterocycles. The molecule has 18 heavy (non-hydrogen) atoms. The highest BCUT2D eigenvalue weighted by Crippen LogP contribution is 2.25. The van der Waals surface area contributed by atoms with Gasteiger partial charge in [0.25, 0.3) is 0 Å². The molecule has 0 saturated heterocycles. The summed E-state index contributed by atoms with van der Waals surface area (Å²) in [4.78, 5) is 11.0. The van der Waals surface area contributed by atoms with Gasteiger partial charge in [0.05, 0.1) is 12.9 Å². The highest BCUT2D eigenvalue weighted by atomic mass is 32.2. The minimum Gasteiger partial charge on any atom is -0.496 e. The molecule has 1 aromatic rings. The predicted octanol–water partition coefficient (Wildman–Crippen LogP) is 2.12. The maximum atomic E-state index is 12.1. The lowest BCUT2D eigenvalue weighted by atomic mass is 10.1. The number of rotatable bonds is 5. The van der Waals surface area contributed by atoms with Crippen molar-refractivity contribution in [3.63, 3.8) is 0 Å². The van der Waals surface area contributed by atoms with Gasteiger partial charge in [0.15, 0.2) is 0 Å². The van der Waals surface area contributed by atoms with Gasteiger partial charge in [-0.1, -0.05) is 17.7 Å². The van der Waals surface area contributed by atoms with E-state index in [1.165, 1.54) is 13.8 Å². The van der Waals surface area contributed by atoms with Gasteiger partial charge in [0.2, 0.25) is 0 Å². The molecule has 0 fully saturated rings. The molecule has 100 valence electrons. The Morgan fingerprint density at radius 3 is 2.56 bits per heavy atom. The Balaban J connectivity index is 3.01. The summed E-state index contributed by atoms with van der Waals surface area (Å²) in [5.41, 5.74) is 1.79. The van der Waals surface area contributed by atoms with E-state index in [0.717, 1.165) is 11.1 Å². The Labute approximate surface area is 109 Å². The lowest BCUT2D eigenvalue weighted by Gasteiger charge is -2.19. The zero-order chi connectivity index (χ0) is 13.9. The molecule has 0 aromatic heterocycles. The van der Waals surface area contributed by atoms with E-state index in [2.05, 4.69) is 0 Å². The number of hydrogen-bond acceptors (Lipinski definition) is 3. The monoisotopic (exact) mass is 270 g/mol. The topological polar surface area (TPSA) is 63.6 Å². The van der Waals surface area contributed by atoms with Crippen LogP contribution < -0.4 is 4.74 Å². The standard InChI is InChI=1S/C13H18O4S/c1-9-5-6-11(17-4)10(7-9)8-18(16)13(2,3)12(14)15/h5-7H,8H2,1-4H3,(H,14,15). The van der Waals surface area contributed by atoms with E-state index >= 15 is 0 Å². The largest absolute Gasteiger partial charge is 0.496 e. The Morgan fingerprint density at radius 2 is 2.06 bits per heavy atom. The van der Waals surface area contributed by atoms with Crippen LogP contribution in [0.25, 0.3) is 0 Å². The third-order valence-corrected chi connectivity index (χ3v) is 4.69. The molecule has 1 rings (SSSR count). The molecular formula is C13H18O4S. The van der Waals surface area contributed by atoms with Crippen LogP contribution in [0.15, 0.2) is 18.2 Å². The fourth-order valence-electron chi connectivity index (χ4n) is 1.44. The molecule has 4 nitrogen and oxygen atoms in total. The van der Waals surface area contributed by atoms with Crippen molar-refractivity contribution in [3.8, 4) is 5.75 Å². The van der Waals surface area contributed by atoms with Crippen LogP contribution in [-0.4, -0.2) is 27.1 Å². The number of aliphatic carboxylic acids is 1. The summed E-state index contributed by atoms with van der Waals surface area (Å²) < 4.78 is 16.1. The number of methoxy groups -OCH3 is 1. The maximum absolute atomic E-state index is 12.1. The summed E-state index contributed by atoms with van der Waals surface area (Å²) in [6, 6.07) is 5.57. The first-order valence-corrected chi connectivity index (χ1v) is 6.86. The van der Waals surface area contributed by atoms with Crippen LogP contribution in [0, 0.1) is 6.92 Å². The van der Waals surface area contributed by atoms with E-state index < -0.39 is 21.5 Å². The second kappa shape index (κ2) is 5.52. The summed E-state index contributed by atoms with van der Waals surface area (Å²) >= 11 is 0. The number of aryl methyl sites for hydroxylation is 1. The van der Waals surface area contributed by atoms with E-state index in [1.54, 1.807) is 13.2 Å². The summed E-state index contributed by atoms with van der Waals surface area (Å²) in [5.74, 6) is -0.257. The third-order valence-electron chi connectivity index (χ3n) is 2.81. The fraction of sp³-hybridized carbons (Fsp3) is 0.462. The van der Waals surface area contributed by atoms with E-state index in [9.17, 15) is 9.00 Å². The number of ether oxygens (including phenoxy) is 1. The van der Waals surface area contributed by atoms with Crippen molar-refractivity contribution in [2.75, 3.05) is 7.11 Å². The maximum Gasteiger partial charge on any atom is 0.321 e. The van der Waals surface area contributed by atoms with Gasteiger partial charge in [0, 0.05) is 16.4 Å². The molecule has 0 radical (unpaired) electrons. The number of carboxylic acid groups (broad SMARTS) is 1. The van der Waals surface area contributed by atoms with Crippen molar-refractivity contribution in [2.45, 2.75) is 31.3 Å². The van der Waals surface area contributed by atoms with Gasteiger partial charge in [-0.05, 0) is 26.8 Å². The first-order valence-electron chi connectivity index (χ1n) is 5.54. The van der Waals surface area contributed by atoms with Crippen molar-refractivity contribution in [3.05, 3.63) is 29.3 Å². The molecule has 1 aromatic carbocycles. The SMILES string of the molecule is COc1ccc(C)cc1CS(=O)C(C)(C)C(=O)O. The number of benzene rings is 1. The molecule has 1 atom stereocenters. The van der Waals surface area contributed by atoms with Crippen LogP contribution in [0.3, 0.4) is 0 Å². The Bertz CT molecular complexity index is 480. The normalized spacial score (nSPS) is 13.1. The number of carbonyl (C=O) groups is 1. The smallest absolute Gasteiger partial charge is 0.321 e. The van der Waals surface area contributed by atoms with E-state index in [0.29, 0.717) is 5.75 Å². The molecule has 0 aliphatic carbocycles. The minimum atomic E-state index is -1.51. The highest BCUT2D eigenvalue weighted by Gasteiger charge is 2.34. The molecular weight excluding hydrogens is 252 g/mol. The van der Waals surface area contributed by atoms with Crippen LogP contribution in [0.4, 0.5) is 0 Å². The first kappa shape index (κ1) is 14.7. The van der Waals surface area contributed by atoms with Crippen molar-refractivity contribution >= 4 is 16.8 Å². The van der Waals surface area contributed by atoms with Crippen LogP contribution in [0.2, 0.25) is 0 Å². The zero-order valence-electron chi connectivity index (χ0n) is 11.0. The highest BCUT2D eigenvalue weighted by molar-refractivity contribution is 7.86. The first-order chi connectivity index (χ1) is 8.28. The van der Waals surface area contributed by atoms with Crippen molar-refractivity contribution in [1.29, 1.82) is 0 Å². The van der Waals surface area contributed by atoms with Crippen molar-refractivity contribution < 1.29 is 18.8 Å². The van der Waals surface area contributed by atoms with Gasteiger partial charge in [0.1, 0.15) is 10.5 Å². The summed E-state index contributed by atoms with van der Waals surface area (Å²) in [7, 11) is 0.0300. The summed E-state index contributed by atoms with van der Waals surface area (Å²) in [5, 5.41) is 9.05. The Kier molecular flexibility index (Phi) is 4.51. The zero-order valence-corrected chi connectivity index (χ0v) is 11.8. The van der Waals surface area contributed by atoms with Crippen LogP contribution in [-0.2, 0) is 21.3 Å². The van der Waals surface area contributed by atoms with Crippen molar-refractivity contribution in [2.24, 2.45) is 0 Å². The number of carboxylic acids is 1. The van der Waals surface area contributed by atoms with Gasteiger partial charge < -0.3 is 9.84 Å². The van der Waals surface area contributed by atoms with Gasteiger partial charge in [-0.2, -0.15) is 0 Å². The Hall–Kier alpha value is -1.36. The molecule has 0 spiro atoms. The van der Waals surface area contributed by atoms with Gasteiger partial charge >= 0.3 is 5.97 Å². The Morgan fingerprint density at radius 1 is 1.44 bits per heavy atom. The molecule has 0 bridgehead atoms. The molecule has 5 heteroatoms. The second-order valence-corrected chi connectivity index (χ2v) is 6.62. The van der Waals surface area contributed by atoms with Gasteiger partial charge in [-0.25, -0.2) is 0 Å². The summed E-state index contributed by atoms with van der Waals surface area (Å²) in [6.45, 7) is 4.86. The lowest BCUT2D eigenvalue weighted by molar-refractivity contribution is -0.139. The molecule has 0 heterocycles. The molecule has 0 aliphatic rings. The fourth-order valence-corrected chi connectivity index (χ4v) is 2.50. The van der Waals surface area contributed by atoms with E-state index in [1.807, 2.05) is 19.1 Å². The third kappa shape index (κ3) is 3.10. The lowest BCUT2D eigenvalue weighted by Crippen LogP contribution is -2.37. The molecule has 1 unspecified atom stereocenters. The van der Waals surface area contributed by atoms with Gasteiger partial charge in [-0.15, -0.1) is 0 Å². The van der Waals surface area contributed by atoms with Crippen LogP contribution >= 0.6 is 0 Å². The molecule has 0 saturated carbocycles. The minimum absolute atomic E-state index is 0.171. The van der Waals surface area contributed by atoms with E-state index in [4.69, 9.17) is 9.84 Å². The van der Waals surface area contributed by atoms with Crippen LogP contribution in [0.1, 0.15) is 25.0 Å². The van der Waals surface area contributed by atoms with Crippen LogP contribution in [0.5, 0.6) is 5.75 Å². The second-order valence-electron chi connectivity index (χ2n) is 4.62. The molecule has 0 amide bonds. The average molecular weight is 270 g/mol. The quantitative estimate of drug-likeness (QED) is 0.890. The summed E-state index contributed by atoms with van der Waals surface area (Å²) in [6.07, 6.45) is 0. The molecule has 1 N–H and O–H groups in total. The van der Waals surface area contributed by atoms with Crippen molar-refractivity contribution in [1.82, 2.24) is 0 Å². The predicted molar refractivity (Wildman–Crippen MR) is 71.3 cm³/mol. The average Bonchev–Trinajstić information content (AvgIpc) is 2.29. The number of hydrogen-bond donors (Lipinski definition) is 1. The van der Waals surface area contributed by atoms with Gasteiger partial charge in [-0.3, -0.25) is 9.00 Å². The van der Waals surface area contributed by atoms with E-state index in [-0.39, 0.29) is 5.75 Å².